The fraction of sp³-hybridized carbons (Fsp3) is 0.214. The number of aryl methyl sites for hydroxylation is 1. The Balaban J connectivity index is 1.82. The number of thiophene rings is 1. The molecule has 0 unspecified atom stereocenters. The number of fused-ring (bicyclic) bond motifs is 1. The fourth-order valence-corrected chi connectivity index (χ4v) is 4.16. The molecule has 22 heavy (non-hydrogen) atoms. The quantitative estimate of drug-likeness (QED) is 0.664. The van der Waals surface area contributed by atoms with Crippen LogP contribution in [0.3, 0.4) is 0 Å². The normalized spacial score (nSPS) is 12.0. The van der Waals surface area contributed by atoms with Crippen LogP contribution in [0, 0.1) is 0 Å². The third kappa shape index (κ3) is 2.99. The number of aromatic nitrogens is 2. The summed E-state index contributed by atoms with van der Waals surface area (Å²) < 4.78 is 27.2. The van der Waals surface area contributed by atoms with Gasteiger partial charge in [-0.15, -0.1) is 11.3 Å². The van der Waals surface area contributed by atoms with E-state index in [9.17, 15) is 13.2 Å². The Hall–Kier alpha value is -1.90. The minimum atomic E-state index is -3.62. The Morgan fingerprint density at radius 2 is 1.82 bits per heavy atom. The van der Waals surface area contributed by atoms with Crippen molar-refractivity contribution in [1.82, 2.24) is 14.7 Å². The molecule has 2 aromatic heterocycles. The van der Waals surface area contributed by atoms with E-state index in [0.29, 0.717) is 11.0 Å². The molecule has 3 N–H and O–H groups in total. The van der Waals surface area contributed by atoms with Gasteiger partial charge in [0.15, 0.2) is 0 Å². The van der Waals surface area contributed by atoms with Crippen LogP contribution in [0.2, 0.25) is 0 Å². The van der Waals surface area contributed by atoms with E-state index in [0.717, 1.165) is 11.3 Å². The third-order valence-corrected chi connectivity index (χ3v) is 5.93. The SMILES string of the molecule is CCc1ccc(CNS(=O)(=O)c2ccc3[nH]c(=O)[nH]c3c2)s1. The Morgan fingerprint density at radius 1 is 1.09 bits per heavy atom. The molecule has 8 heteroatoms. The topological polar surface area (TPSA) is 94.8 Å². The molecule has 0 spiro atoms. The maximum Gasteiger partial charge on any atom is 0.323 e. The first kappa shape index (κ1) is 15.0. The second-order valence-corrected chi connectivity index (χ2v) is 7.85. The summed E-state index contributed by atoms with van der Waals surface area (Å²) in [5, 5.41) is 0. The number of benzene rings is 1. The van der Waals surface area contributed by atoms with E-state index in [1.54, 1.807) is 17.4 Å². The fourth-order valence-electron chi connectivity index (χ4n) is 2.14. The first-order valence-electron chi connectivity index (χ1n) is 6.77. The van der Waals surface area contributed by atoms with Gasteiger partial charge in [0.05, 0.1) is 15.9 Å². The number of sulfonamides is 1. The van der Waals surface area contributed by atoms with Crippen LogP contribution in [0.4, 0.5) is 0 Å². The van der Waals surface area contributed by atoms with Crippen LogP contribution in [-0.2, 0) is 23.0 Å². The molecule has 3 rings (SSSR count). The van der Waals surface area contributed by atoms with Crippen LogP contribution < -0.4 is 10.4 Å². The highest BCUT2D eigenvalue weighted by atomic mass is 32.2. The highest BCUT2D eigenvalue weighted by Gasteiger charge is 2.15. The third-order valence-electron chi connectivity index (χ3n) is 3.30. The van der Waals surface area contributed by atoms with Crippen molar-refractivity contribution < 1.29 is 8.42 Å². The van der Waals surface area contributed by atoms with Gasteiger partial charge >= 0.3 is 5.69 Å². The maximum absolute atomic E-state index is 12.3. The molecule has 116 valence electrons. The lowest BCUT2D eigenvalue weighted by Gasteiger charge is -2.05. The zero-order valence-corrected chi connectivity index (χ0v) is 13.5. The van der Waals surface area contributed by atoms with Crippen molar-refractivity contribution in [3.8, 4) is 0 Å². The van der Waals surface area contributed by atoms with Crippen molar-refractivity contribution in [2.24, 2.45) is 0 Å². The van der Waals surface area contributed by atoms with Crippen molar-refractivity contribution >= 4 is 32.4 Å². The summed E-state index contributed by atoms with van der Waals surface area (Å²) in [5.41, 5.74) is 0.690. The van der Waals surface area contributed by atoms with Crippen molar-refractivity contribution in [2.75, 3.05) is 0 Å². The molecule has 0 amide bonds. The van der Waals surface area contributed by atoms with Crippen LogP contribution in [0.5, 0.6) is 0 Å². The Kier molecular flexibility index (Phi) is 3.90. The highest BCUT2D eigenvalue weighted by Crippen LogP contribution is 2.19. The zero-order valence-electron chi connectivity index (χ0n) is 11.8. The predicted molar refractivity (Wildman–Crippen MR) is 86.6 cm³/mol. The van der Waals surface area contributed by atoms with E-state index < -0.39 is 10.0 Å². The molecule has 2 heterocycles. The summed E-state index contributed by atoms with van der Waals surface area (Å²) in [5.74, 6) is 0. The maximum atomic E-state index is 12.3. The number of rotatable bonds is 5. The lowest BCUT2D eigenvalue weighted by Crippen LogP contribution is -2.22. The second kappa shape index (κ2) is 5.71. The summed E-state index contributed by atoms with van der Waals surface area (Å²) >= 11 is 1.60. The number of nitrogens with one attached hydrogen (secondary N) is 3. The van der Waals surface area contributed by atoms with Gasteiger partial charge in [-0.25, -0.2) is 17.9 Å². The van der Waals surface area contributed by atoms with E-state index >= 15 is 0 Å². The number of aromatic amines is 2. The molecule has 0 bridgehead atoms. The van der Waals surface area contributed by atoms with Crippen molar-refractivity contribution in [1.29, 1.82) is 0 Å². The lowest BCUT2D eigenvalue weighted by atomic mass is 10.3. The van der Waals surface area contributed by atoms with Gasteiger partial charge in [0.2, 0.25) is 10.0 Å². The van der Waals surface area contributed by atoms with Crippen LogP contribution in [-0.4, -0.2) is 18.4 Å². The first-order valence-corrected chi connectivity index (χ1v) is 9.07. The second-order valence-electron chi connectivity index (χ2n) is 4.83. The highest BCUT2D eigenvalue weighted by molar-refractivity contribution is 7.89. The number of hydrogen-bond acceptors (Lipinski definition) is 4. The Labute approximate surface area is 131 Å². The van der Waals surface area contributed by atoms with Gasteiger partial charge in [-0.2, -0.15) is 0 Å². The van der Waals surface area contributed by atoms with Crippen LogP contribution in [0.1, 0.15) is 16.7 Å². The van der Waals surface area contributed by atoms with E-state index in [-0.39, 0.29) is 17.1 Å². The molecule has 6 nitrogen and oxygen atoms in total. The van der Waals surface area contributed by atoms with Gasteiger partial charge in [-0.3, -0.25) is 0 Å². The number of imidazole rings is 1. The van der Waals surface area contributed by atoms with E-state index in [1.165, 1.54) is 17.0 Å². The van der Waals surface area contributed by atoms with Crippen LogP contribution >= 0.6 is 11.3 Å². The molecule has 0 aliphatic carbocycles. The van der Waals surface area contributed by atoms with Crippen molar-refractivity contribution in [3.63, 3.8) is 0 Å². The summed E-state index contributed by atoms with van der Waals surface area (Å²) in [7, 11) is -3.62. The molecule has 0 saturated heterocycles. The van der Waals surface area contributed by atoms with Crippen LogP contribution in [0.15, 0.2) is 40.0 Å². The van der Waals surface area contributed by atoms with Gasteiger partial charge in [0.1, 0.15) is 0 Å². The van der Waals surface area contributed by atoms with E-state index in [1.807, 2.05) is 12.1 Å². The first-order chi connectivity index (χ1) is 10.5. The summed E-state index contributed by atoms with van der Waals surface area (Å²) in [6.45, 7) is 2.32. The molecular formula is C14H15N3O3S2. The molecule has 1 aromatic carbocycles. The summed E-state index contributed by atoms with van der Waals surface area (Å²) in [6, 6.07) is 8.42. The van der Waals surface area contributed by atoms with Gasteiger partial charge in [0, 0.05) is 16.3 Å². The minimum absolute atomic E-state index is 0.127. The lowest BCUT2D eigenvalue weighted by molar-refractivity contribution is 0.582. The van der Waals surface area contributed by atoms with E-state index in [2.05, 4.69) is 21.6 Å². The summed E-state index contributed by atoms with van der Waals surface area (Å²) in [6.07, 6.45) is 0.939. The molecule has 0 radical (unpaired) electrons. The largest absolute Gasteiger partial charge is 0.323 e. The molecule has 0 aliphatic heterocycles. The molecule has 0 atom stereocenters. The van der Waals surface area contributed by atoms with Crippen LogP contribution in [0.25, 0.3) is 11.0 Å². The predicted octanol–water partition coefficient (Wildman–Crippen LogP) is 1.96. The summed E-state index contributed by atoms with van der Waals surface area (Å²) in [4.78, 5) is 18.7. The van der Waals surface area contributed by atoms with Gasteiger partial charge in [-0.1, -0.05) is 6.92 Å². The average Bonchev–Trinajstić information content (AvgIpc) is 3.09. The average molecular weight is 337 g/mol. The van der Waals surface area contributed by atoms with Gasteiger partial charge in [0.25, 0.3) is 0 Å². The van der Waals surface area contributed by atoms with Gasteiger partial charge in [-0.05, 0) is 36.8 Å². The Morgan fingerprint density at radius 3 is 2.55 bits per heavy atom. The Bertz CT molecular complexity index is 967. The van der Waals surface area contributed by atoms with E-state index in [4.69, 9.17) is 0 Å². The zero-order chi connectivity index (χ0) is 15.7. The number of H-pyrrole nitrogens is 2. The molecular weight excluding hydrogens is 322 g/mol. The smallest absolute Gasteiger partial charge is 0.306 e. The molecule has 0 saturated carbocycles. The van der Waals surface area contributed by atoms with Crippen molar-refractivity contribution in [2.45, 2.75) is 24.8 Å². The standard InChI is InChI=1S/C14H15N3O3S2/c1-2-9-3-4-10(21-9)8-15-22(19,20)11-5-6-12-13(7-11)17-14(18)16-12/h3-7,15H,2,8H2,1H3,(H2,16,17,18). The monoisotopic (exact) mass is 337 g/mol. The molecule has 3 aromatic rings. The minimum Gasteiger partial charge on any atom is -0.306 e. The van der Waals surface area contributed by atoms with Crippen molar-refractivity contribution in [3.05, 3.63) is 50.6 Å². The molecule has 0 fully saturated rings. The number of hydrogen-bond donors (Lipinski definition) is 3. The molecule has 0 aliphatic rings. The van der Waals surface area contributed by atoms with Gasteiger partial charge < -0.3 is 9.97 Å².